The van der Waals surface area contributed by atoms with E-state index in [1.54, 1.807) is 6.92 Å². The molecule has 0 spiro atoms. The molecular formula is C12H8ClIOS. The van der Waals surface area contributed by atoms with Gasteiger partial charge in [0, 0.05) is 14.0 Å². The molecule has 2 rings (SSSR count). The third-order valence-electron chi connectivity index (χ3n) is 2.15. The number of thiophene rings is 1. The fraction of sp³-hybridized carbons (Fsp3) is 0.0833. The molecule has 0 saturated heterocycles. The maximum atomic E-state index is 11.2. The summed E-state index contributed by atoms with van der Waals surface area (Å²) in [6.07, 6.45) is 0. The van der Waals surface area contributed by atoms with Gasteiger partial charge in [-0.1, -0.05) is 17.7 Å². The second kappa shape index (κ2) is 4.85. The third kappa shape index (κ3) is 2.47. The summed E-state index contributed by atoms with van der Waals surface area (Å²) >= 11 is 9.87. The Kier molecular flexibility index (Phi) is 3.66. The summed E-state index contributed by atoms with van der Waals surface area (Å²) in [4.78, 5) is 13.0. The van der Waals surface area contributed by atoms with Gasteiger partial charge < -0.3 is 0 Å². The number of carbonyl (C=O) groups is 1. The summed E-state index contributed by atoms with van der Waals surface area (Å²) in [6, 6.07) is 9.70. The van der Waals surface area contributed by atoms with E-state index in [1.165, 1.54) is 11.3 Å². The molecule has 1 heterocycles. The zero-order valence-corrected chi connectivity index (χ0v) is 12.2. The fourth-order valence-corrected chi connectivity index (χ4v) is 3.32. The lowest BCUT2D eigenvalue weighted by Crippen LogP contribution is -1.83. The number of hydrogen-bond acceptors (Lipinski definition) is 2. The quantitative estimate of drug-likeness (QED) is 0.550. The minimum Gasteiger partial charge on any atom is -0.294 e. The molecular weight excluding hydrogens is 355 g/mol. The molecule has 0 atom stereocenters. The average Bonchev–Trinajstić information content (AvgIpc) is 2.66. The van der Waals surface area contributed by atoms with Gasteiger partial charge in [0.1, 0.15) is 0 Å². The Bertz CT molecular complexity index is 548. The van der Waals surface area contributed by atoms with Crippen molar-refractivity contribution in [1.82, 2.24) is 0 Å². The topological polar surface area (TPSA) is 17.1 Å². The van der Waals surface area contributed by atoms with Crippen LogP contribution >= 0.6 is 45.5 Å². The highest BCUT2D eigenvalue weighted by Crippen LogP contribution is 2.34. The summed E-state index contributed by atoms with van der Waals surface area (Å²) in [7, 11) is 0. The first-order valence-electron chi connectivity index (χ1n) is 4.64. The lowest BCUT2D eigenvalue weighted by Gasteiger charge is -2.01. The molecule has 0 fully saturated rings. The number of ketones is 1. The molecule has 0 aliphatic heterocycles. The molecule has 1 aromatic heterocycles. The Labute approximate surface area is 117 Å². The molecule has 0 radical (unpaired) electrons. The van der Waals surface area contributed by atoms with Gasteiger partial charge in [-0.2, -0.15) is 0 Å². The van der Waals surface area contributed by atoms with E-state index in [0.717, 1.165) is 23.9 Å². The molecule has 0 aliphatic carbocycles. The minimum absolute atomic E-state index is 0.0953. The van der Waals surface area contributed by atoms with Crippen molar-refractivity contribution in [2.45, 2.75) is 6.92 Å². The van der Waals surface area contributed by atoms with Crippen molar-refractivity contribution in [3.05, 3.63) is 43.8 Å². The van der Waals surface area contributed by atoms with Crippen LogP contribution in [0, 0.1) is 3.57 Å². The van der Waals surface area contributed by atoms with E-state index in [2.05, 4.69) is 22.6 Å². The molecule has 0 amide bonds. The first-order chi connectivity index (χ1) is 7.58. The van der Waals surface area contributed by atoms with Crippen molar-refractivity contribution in [2.75, 3.05) is 0 Å². The van der Waals surface area contributed by atoms with Crippen LogP contribution in [0.4, 0.5) is 0 Å². The summed E-state index contributed by atoms with van der Waals surface area (Å²) < 4.78 is 1.11. The molecule has 0 bridgehead atoms. The fourth-order valence-electron chi connectivity index (χ4n) is 1.36. The van der Waals surface area contributed by atoms with E-state index in [4.69, 9.17) is 11.6 Å². The molecule has 0 N–H and O–H groups in total. The second-order valence-electron chi connectivity index (χ2n) is 3.34. The standard InChI is InChI=1S/C12H8ClIOS/c1-7(15)11-4-5-12(16-11)9-3-2-8(14)6-10(9)13/h2-6H,1H3. The largest absolute Gasteiger partial charge is 0.294 e. The van der Waals surface area contributed by atoms with Crippen LogP contribution in [0.1, 0.15) is 16.6 Å². The van der Waals surface area contributed by atoms with Gasteiger partial charge in [-0.25, -0.2) is 0 Å². The van der Waals surface area contributed by atoms with E-state index in [1.807, 2.05) is 30.3 Å². The van der Waals surface area contributed by atoms with E-state index in [0.29, 0.717) is 0 Å². The second-order valence-corrected chi connectivity index (χ2v) is 6.08. The predicted octanol–water partition coefficient (Wildman–Crippen LogP) is 4.88. The summed E-state index contributed by atoms with van der Waals surface area (Å²) in [5.41, 5.74) is 0.986. The van der Waals surface area contributed by atoms with Crippen LogP contribution in [-0.2, 0) is 0 Å². The highest BCUT2D eigenvalue weighted by atomic mass is 127. The average molecular weight is 363 g/mol. The third-order valence-corrected chi connectivity index (χ3v) is 4.35. The van der Waals surface area contributed by atoms with Crippen LogP contribution in [0.5, 0.6) is 0 Å². The zero-order valence-electron chi connectivity index (χ0n) is 8.46. The number of hydrogen-bond donors (Lipinski definition) is 0. The lowest BCUT2D eigenvalue weighted by atomic mass is 10.2. The molecule has 16 heavy (non-hydrogen) atoms. The van der Waals surface area contributed by atoms with Crippen molar-refractivity contribution in [3.8, 4) is 10.4 Å². The van der Waals surface area contributed by atoms with Crippen molar-refractivity contribution in [1.29, 1.82) is 0 Å². The van der Waals surface area contributed by atoms with Crippen LogP contribution < -0.4 is 0 Å². The van der Waals surface area contributed by atoms with Crippen molar-refractivity contribution in [2.24, 2.45) is 0 Å². The van der Waals surface area contributed by atoms with Crippen molar-refractivity contribution >= 4 is 51.3 Å². The summed E-state index contributed by atoms with van der Waals surface area (Å²) in [6.45, 7) is 1.57. The Morgan fingerprint density at radius 2 is 2.06 bits per heavy atom. The SMILES string of the molecule is CC(=O)c1ccc(-c2ccc(I)cc2Cl)s1. The van der Waals surface area contributed by atoms with Gasteiger partial charge in [0.2, 0.25) is 0 Å². The Morgan fingerprint density at radius 1 is 1.31 bits per heavy atom. The minimum atomic E-state index is 0.0953. The van der Waals surface area contributed by atoms with Crippen LogP contribution in [0.25, 0.3) is 10.4 Å². The van der Waals surface area contributed by atoms with E-state index in [-0.39, 0.29) is 5.78 Å². The Morgan fingerprint density at radius 3 is 2.62 bits per heavy atom. The molecule has 0 aliphatic rings. The highest BCUT2D eigenvalue weighted by molar-refractivity contribution is 14.1. The molecule has 82 valence electrons. The number of benzene rings is 1. The molecule has 2 aromatic rings. The maximum absolute atomic E-state index is 11.2. The Hall–Kier alpha value is -0.390. The molecule has 4 heteroatoms. The number of rotatable bonds is 2. The van der Waals surface area contributed by atoms with Gasteiger partial charge in [-0.3, -0.25) is 4.79 Å². The first kappa shape index (κ1) is 12.1. The van der Waals surface area contributed by atoms with E-state index >= 15 is 0 Å². The summed E-state index contributed by atoms with van der Waals surface area (Å²) in [5, 5.41) is 0.726. The number of Topliss-reactive ketones (excluding diaryl/α,β-unsaturated/α-hetero) is 1. The maximum Gasteiger partial charge on any atom is 0.169 e. The summed E-state index contributed by atoms with van der Waals surface area (Å²) in [5.74, 6) is 0.0953. The van der Waals surface area contributed by atoms with Gasteiger partial charge in [-0.15, -0.1) is 11.3 Å². The van der Waals surface area contributed by atoms with Gasteiger partial charge in [0.05, 0.1) is 9.90 Å². The van der Waals surface area contributed by atoms with Gasteiger partial charge in [0.25, 0.3) is 0 Å². The van der Waals surface area contributed by atoms with Crippen LogP contribution in [0.3, 0.4) is 0 Å². The van der Waals surface area contributed by atoms with Crippen LogP contribution in [-0.4, -0.2) is 5.78 Å². The molecule has 0 unspecified atom stereocenters. The monoisotopic (exact) mass is 362 g/mol. The predicted molar refractivity (Wildman–Crippen MR) is 77.5 cm³/mol. The van der Waals surface area contributed by atoms with Crippen LogP contribution in [0.15, 0.2) is 30.3 Å². The number of carbonyl (C=O) groups excluding carboxylic acids is 1. The van der Waals surface area contributed by atoms with Gasteiger partial charge in [0.15, 0.2) is 5.78 Å². The molecule has 0 saturated carbocycles. The van der Waals surface area contributed by atoms with Crippen molar-refractivity contribution < 1.29 is 4.79 Å². The van der Waals surface area contributed by atoms with Crippen LogP contribution in [0.2, 0.25) is 5.02 Å². The normalized spacial score (nSPS) is 10.4. The van der Waals surface area contributed by atoms with Crippen molar-refractivity contribution in [3.63, 3.8) is 0 Å². The lowest BCUT2D eigenvalue weighted by molar-refractivity contribution is 0.102. The first-order valence-corrected chi connectivity index (χ1v) is 6.91. The zero-order chi connectivity index (χ0) is 11.7. The van der Waals surface area contributed by atoms with E-state index in [9.17, 15) is 4.79 Å². The van der Waals surface area contributed by atoms with Gasteiger partial charge in [-0.05, 0) is 53.8 Å². The van der Waals surface area contributed by atoms with E-state index < -0.39 is 0 Å². The highest BCUT2D eigenvalue weighted by Gasteiger charge is 2.09. The number of halogens is 2. The Balaban J connectivity index is 2.46. The van der Waals surface area contributed by atoms with Gasteiger partial charge >= 0.3 is 0 Å². The molecule has 1 nitrogen and oxygen atoms in total. The molecule has 1 aromatic carbocycles. The smallest absolute Gasteiger partial charge is 0.169 e.